The lowest BCUT2D eigenvalue weighted by atomic mass is 10.0. The fourth-order valence-corrected chi connectivity index (χ4v) is 2.24. The fraction of sp³-hybridized carbons (Fsp3) is 0.250. The first kappa shape index (κ1) is 14.6. The molecular formula is C16H18F2N2. The lowest BCUT2D eigenvalue weighted by Crippen LogP contribution is -2.30. The van der Waals surface area contributed by atoms with E-state index in [-0.39, 0.29) is 17.7 Å². The van der Waals surface area contributed by atoms with E-state index in [9.17, 15) is 8.78 Å². The third-order valence-corrected chi connectivity index (χ3v) is 3.36. The minimum atomic E-state index is -0.259. The zero-order valence-electron chi connectivity index (χ0n) is 11.4. The van der Waals surface area contributed by atoms with Crippen LogP contribution in [0.15, 0.2) is 48.5 Å². The van der Waals surface area contributed by atoms with Crippen molar-refractivity contribution in [3.63, 3.8) is 0 Å². The molecule has 0 spiro atoms. The van der Waals surface area contributed by atoms with Gasteiger partial charge in [-0.05, 0) is 42.4 Å². The quantitative estimate of drug-likeness (QED) is 0.909. The Morgan fingerprint density at radius 1 is 0.950 bits per heavy atom. The summed E-state index contributed by atoms with van der Waals surface area (Å²) in [4.78, 5) is 2.07. The molecule has 2 aromatic rings. The number of hydrogen-bond donors (Lipinski definition) is 1. The van der Waals surface area contributed by atoms with Crippen molar-refractivity contribution in [2.45, 2.75) is 12.6 Å². The van der Waals surface area contributed by atoms with Crippen molar-refractivity contribution in [1.29, 1.82) is 0 Å². The second kappa shape index (κ2) is 6.59. The van der Waals surface area contributed by atoms with Crippen LogP contribution in [0.1, 0.15) is 17.2 Å². The minimum absolute atomic E-state index is 0.000605. The molecule has 0 aromatic heterocycles. The van der Waals surface area contributed by atoms with E-state index in [1.165, 1.54) is 24.3 Å². The molecule has 4 heteroatoms. The summed E-state index contributed by atoms with van der Waals surface area (Å²) in [5.74, 6) is -0.504. The Morgan fingerprint density at radius 3 is 1.95 bits per heavy atom. The standard InChI is InChI=1S/C16H18F2N2/c1-20(11-12-2-6-14(17)7-3-12)16(10-19)13-4-8-15(18)9-5-13/h2-9,16H,10-11,19H2,1H3. The first-order valence-electron chi connectivity index (χ1n) is 6.50. The molecule has 0 heterocycles. The number of rotatable bonds is 5. The lowest BCUT2D eigenvalue weighted by Gasteiger charge is -2.27. The van der Waals surface area contributed by atoms with Crippen LogP contribution >= 0.6 is 0 Å². The van der Waals surface area contributed by atoms with Crippen molar-refractivity contribution in [3.8, 4) is 0 Å². The largest absolute Gasteiger partial charge is 0.329 e. The summed E-state index contributed by atoms with van der Waals surface area (Å²) < 4.78 is 25.8. The van der Waals surface area contributed by atoms with E-state index >= 15 is 0 Å². The van der Waals surface area contributed by atoms with Gasteiger partial charge in [0.05, 0.1) is 0 Å². The van der Waals surface area contributed by atoms with Gasteiger partial charge in [0.15, 0.2) is 0 Å². The second-order valence-electron chi connectivity index (χ2n) is 4.84. The van der Waals surface area contributed by atoms with Gasteiger partial charge in [-0.1, -0.05) is 24.3 Å². The highest BCUT2D eigenvalue weighted by Gasteiger charge is 2.15. The summed E-state index contributed by atoms with van der Waals surface area (Å²) >= 11 is 0. The predicted octanol–water partition coefficient (Wildman–Crippen LogP) is 3.10. The van der Waals surface area contributed by atoms with Crippen LogP contribution in [0.2, 0.25) is 0 Å². The SMILES string of the molecule is CN(Cc1ccc(F)cc1)C(CN)c1ccc(F)cc1. The van der Waals surface area contributed by atoms with Gasteiger partial charge in [-0.3, -0.25) is 4.90 Å². The number of likely N-dealkylation sites (N-methyl/N-ethyl adjacent to an activating group) is 1. The minimum Gasteiger partial charge on any atom is -0.329 e. The number of benzene rings is 2. The number of halogens is 2. The van der Waals surface area contributed by atoms with Crippen molar-refractivity contribution >= 4 is 0 Å². The average molecular weight is 276 g/mol. The number of nitrogens with two attached hydrogens (primary N) is 1. The molecule has 0 fully saturated rings. The molecule has 106 valence electrons. The van der Waals surface area contributed by atoms with Crippen LogP contribution < -0.4 is 5.73 Å². The van der Waals surface area contributed by atoms with E-state index in [1.807, 2.05) is 7.05 Å². The maximum absolute atomic E-state index is 13.0. The highest BCUT2D eigenvalue weighted by atomic mass is 19.1. The van der Waals surface area contributed by atoms with E-state index in [1.54, 1.807) is 24.3 Å². The third kappa shape index (κ3) is 3.62. The highest BCUT2D eigenvalue weighted by molar-refractivity contribution is 5.21. The van der Waals surface area contributed by atoms with Gasteiger partial charge in [0.1, 0.15) is 11.6 Å². The Bertz CT molecular complexity index is 537. The molecule has 2 rings (SSSR count). The Morgan fingerprint density at radius 2 is 1.45 bits per heavy atom. The van der Waals surface area contributed by atoms with Crippen molar-refractivity contribution in [1.82, 2.24) is 4.90 Å². The van der Waals surface area contributed by atoms with Crippen LogP contribution in [-0.4, -0.2) is 18.5 Å². The number of nitrogens with zero attached hydrogens (tertiary/aromatic N) is 1. The second-order valence-corrected chi connectivity index (χ2v) is 4.84. The summed E-state index contributed by atoms with van der Waals surface area (Å²) in [6.07, 6.45) is 0. The summed E-state index contributed by atoms with van der Waals surface area (Å²) in [5.41, 5.74) is 7.81. The first-order valence-corrected chi connectivity index (χ1v) is 6.50. The summed E-state index contributed by atoms with van der Waals surface area (Å²) in [7, 11) is 1.95. The summed E-state index contributed by atoms with van der Waals surface area (Å²) in [6, 6.07) is 12.8. The molecule has 2 nitrogen and oxygen atoms in total. The zero-order chi connectivity index (χ0) is 14.5. The van der Waals surface area contributed by atoms with Crippen LogP contribution in [0.5, 0.6) is 0 Å². The van der Waals surface area contributed by atoms with Gasteiger partial charge in [0.25, 0.3) is 0 Å². The first-order chi connectivity index (χ1) is 9.60. The van der Waals surface area contributed by atoms with Gasteiger partial charge < -0.3 is 5.73 Å². The maximum Gasteiger partial charge on any atom is 0.123 e. The van der Waals surface area contributed by atoms with Crippen LogP contribution in [-0.2, 0) is 6.54 Å². The molecule has 0 amide bonds. The van der Waals surface area contributed by atoms with Crippen LogP contribution in [0.4, 0.5) is 8.78 Å². The summed E-state index contributed by atoms with van der Waals surface area (Å²) in [6.45, 7) is 1.09. The monoisotopic (exact) mass is 276 g/mol. The molecule has 20 heavy (non-hydrogen) atoms. The van der Waals surface area contributed by atoms with Gasteiger partial charge in [0.2, 0.25) is 0 Å². The number of hydrogen-bond acceptors (Lipinski definition) is 2. The van der Waals surface area contributed by atoms with E-state index in [0.717, 1.165) is 11.1 Å². The van der Waals surface area contributed by atoms with Crippen LogP contribution in [0.25, 0.3) is 0 Å². The average Bonchev–Trinajstić information content (AvgIpc) is 2.44. The molecule has 0 aliphatic rings. The van der Waals surface area contributed by atoms with Crippen molar-refractivity contribution < 1.29 is 8.78 Å². The molecular weight excluding hydrogens is 258 g/mol. The molecule has 1 unspecified atom stereocenters. The highest BCUT2D eigenvalue weighted by Crippen LogP contribution is 2.20. The molecule has 0 radical (unpaired) electrons. The smallest absolute Gasteiger partial charge is 0.123 e. The molecule has 0 aliphatic heterocycles. The van der Waals surface area contributed by atoms with E-state index in [2.05, 4.69) is 4.90 Å². The van der Waals surface area contributed by atoms with Gasteiger partial charge >= 0.3 is 0 Å². The third-order valence-electron chi connectivity index (χ3n) is 3.36. The van der Waals surface area contributed by atoms with Crippen LogP contribution in [0, 0.1) is 11.6 Å². The Hall–Kier alpha value is -1.78. The maximum atomic E-state index is 13.0. The van der Waals surface area contributed by atoms with Gasteiger partial charge in [-0.2, -0.15) is 0 Å². The predicted molar refractivity (Wildman–Crippen MR) is 76.1 cm³/mol. The molecule has 0 saturated heterocycles. The Kier molecular flexibility index (Phi) is 4.82. The summed E-state index contributed by atoms with van der Waals surface area (Å²) in [5, 5.41) is 0. The van der Waals surface area contributed by atoms with Crippen LogP contribution in [0.3, 0.4) is 0 Å². The topological polar surface area (TPSA) is 29.3 Å². The Balaban J connectivity index is 2.10. The van der Waals surface area contributed by atoms with Gasteiger partial charge in [-0.25, -0.2) is 8.78 Å². The molecule has 1 atom stereocenters. The molecule has 0 aliphatic carbocycles. The Labute approximate surface area is 117 Å². The van der Waals surface area contributed by atoms with Gasteiger partial charge in [-0.15, -0.1) is 0 Å². The van der Waals surface area contributed by atoms with Gasteiger partial charge in [0, 0.05) is 19.1 Å². The lowest BCUT2D eigenvalue weighted by molar-refractivity contribution is 0.241. The van der Waals surface area contributed by atoms with E-state index in [0.29, 0.717) is 13.1 Å². The zero-order valence-corrected chi connectivity index (χ0v) is 11.4. The van der Waals surface area contributed by atoms with Crippen molar-refractivity contribution in [2.75, 3.05) is 13.6 Å². The molecule has 0 saturated carbocycles. The molecule has 0 bridgehead atoms. The van der Waals surface area contributed by atoms with Crippen molar-refractivity contribution in [3.05, 3.63) is 71.3 Å². The van der Waals surface area contributed by atoms with E-state index < -0.39 is 0 Å². The normalized spacial score (nSPS) is 12.7. The molecule has 2 N–H and O–H groups in total. The van der Waals surface area contributed by atoms with Crippen molar-refractivity contribution in [2.24, 2.45) is 5.73 Å². The fourth-order valence-electron chi connectivity index (χ4n) is 2.24. The van der Waals surface area contributed by atoms with E-state index in [4.69, 9.17) is 5.73 Å². The molecule has 2 aromatic carbocycles.